The molecular weight excluding hydrogens is 264 g/mol. The Morgan fingerprint density at radius 3 is 2.60 bits per heavy atom. The molecule has 1 aliphatic heterocycles. The van der Waals surface area contributed by atoms with Gasteiger partial charge in [-0.3, -0.25) is 0 Å². The highest BCUT2D eigenvalue weighted by Gasteiger charge is 2.28. The fourth-order valence-corrected chi connectivity index (χ4v) is 4.25. The molecule has 20 heavy (non-hydrogen) atoms. The van der Waals surface area contributed by atoms with Crippen molar-refractivity contribution >= 4 is 11.8 Å². The third kappa shape index (κ3) is 4.51. The molecule has 0 spiro atoms. The molecule has 0 aliphatic carbocycles. The van der Waals surface area contributed by atoms with Crippen LogP contribution in [0.1, 0.15) is 31.9 Å². The van der Waals surface area contributed by atoms with Gasteiger partial charge in [0.05, 0.1) is 0 Å². The second-order valence-electron chi connectivity index (χ2n) is 6.88. The molecule has 0 amide bonds. The van der Waals surface area contributed by atoms with Crippen molar-refractivity contribution in [1.29, 1.82) is 0 Å². The Morgan fingerprint density at radius 1 is 1.30 bits per heavy atom. The number of likely N-dealkylation sites (N-methyl/N-ethyl adjacent to an activating group) is 1. The average molecular weight is 292 g/mol. The van der Waals surface area contributed by atoms with E-state index in [1.165, 1.54) is 23.5 Å². The van der Waals surface area contributed by atoms with Crippen molar-refractivity contribution in [3.8, 4) is 0 Å². The van der Waals surface area contributed by atoms with E-state index in [1.807, 2.05) is 0 Å². The topological polar surface area (TPSA) is 15.3 Å². The molecule has 112 valence electrons. The quantitative estimate of drug-likeness (QED) is 0.895. The van der Waals surface area contributed by atoms with Gasteiger partial charge in [0.25, 0.3) is 0 Å². The molecule has 0 bridgehead atoms. The van der Waals surface area contributed by atoms with Gasteiger partial charge in [-0.05, 0) is 37.2 Å². The zero-order valence-electron chi connectivity index (χ0n) is 13.2. The molecule has 1 aromatic rings. The molecule has 1 N–H and O–H groups in total. The summed E-state index contributed by atoms with van der Waals surface area (Å²) in [6.07, 6.45) is 1.29. The number of rotatable bonds is 5. The fourth-order valence-electron chi connectivity index (χ4n) is 2.95. The first-order valence-electron chi connectivity index (χ1n) is 7.50. The first kappa shape index (κ1) is 15.9. The smallest absolute Gasteiger partial charge is 0.0466 e. The van der Waals surface area contributed by atoms with E-state index in [0.717, 1.165) is 6.54 Å². The average Bonchev–Trinajstić information content (AvgIpc) is 2.38. The lowest BCUT2D eigenvalue weighted by Crippen LogP contribution is -2.43. The summed E-state index contributed by atoms with van der Waals surface area (Å²) < 4.78 is 0. The number of hydrogen-bond donors (Lipinski definition) is 1. The summed E-state index contributed by atoms with van der Waals surface area (Å²) >= 11 is 2.09. The molecule has 1 heterocycles. The van der Waals surface area contributed by atoms with E-state index in [1.54, 1.807) is 0 Å². The van der Waals surface area contributed by atoms with Crippen LogP contribution in [-0.2, 0) is 0 Å². The van der Waals surface area contributed by atoms with Crippen molar-refractivity contribution in [2.24, 2.45) is 5.41 Å². The lowest BCUT2D eigenvalue weighted by Gasteiger charge is -2.36. The number of hydrogen-bond acceptors (Lipinski definition) is 3. The largest absolute Gasteiger partial charge is 0.311 e. The van der Waals surface area contributed by atoms with Crippen LogP contribution in [0.3, 0.4) is 0 Å². The summed E-state index contributed by atoms with van der Waals surface area (Å²) in [6, 6.07) is 11.9. The first-order valence-corrected chi connectivity index (χ1v) is 8.66. The van der Waals surface area contributed by atoms with Gasteiger partial charge in [-0.25, -0.2) is 0 Å². The van der Waals surface area contributed by atoms with E-state index in [4.69, 9.17) is 0 Å². The van der Waals surface area contributed by atoms with E-state index < -0.39 is 0 Å². The maximum atomic E-state index is 3.79. The van der Waals surface area contributed by atoms with Crippen LogP contribution in [0.2, 0.25) is 0 Å². The summed E-state index contributed by atoms with van der Waals surface area (Å²) in [5, 5.41) is 3.79. The Hall–Kier alpha value is -0.510. The lowest BCUT2D eigenvalue weighted by atomic mass is 9.87. The molecule has 0 saturated carbocycles. The Bertz CT molecular complexity index is 403. The van der Waals surface area contributed by atoms with Crippen molar-refractivity contribution in [2.45, 2.75) is 32.4 Å². The third-order valence-corrected chi connectivity index (χ3v) is 5.64. The second kappa shape index (κ2) is 6.97. The maximum absolute atomic E-state index is 3.79. The van der Waals surface area contributed by atoms with Gasteiger partial charge in [0, 0.05) is 24.4 Å². The van der Waals surface area contributed by atoms with Crippen molar-refractivity contribution < 1.29 is 0 Å². The number of thioether (sulfide) groups is 1. The predicted molar refractivity (Wildman–Crippen MR) is 90.4 cm³/mol. The van der Waals surface area contributed by atoms with Gasteiger partial charge in [0.15, 0.2) is 0 Å². The van der Waals surface area contributed by atoms with Crippen LogP contribution in [-0.4, -0.2) is 43.1 Å². The lowest BCUT2D eigenvalue weighted by molar-refractivity contribution is 0.260. The van der Waals surface area contributed by atoms with Crippen LogP contribution in [0.4, 0.5) is 0 Å². The molecule has 2 atom stereocenters. The number of nitrogens with one attached hydrogen (secondary N) is 1. The van der Waals surface area contributed by atoms with Crippen LogP contribution in [0.25, 0.3) is 0 Å². The van der Waals surface area contributed by atoms with Crippen molar-refractivity contribution in [1.82, 2.24) is 10.2 Å². The molecule has 1 fully saturated rings. The predicted octanol–water partition coefficient (Wildman–Crippen LogP) is 3.41. The van der Waals surface area contributed by atoms with E-state index in [-0.39, 0.29) is 0 Å². The highest BCUT2D eigenvalue weighted by Crippen LogP contribution is 2.33. The standard InChI is InChI=1S/C17H28N2S/c1-17(2)10-15(12-20-13-17)18-11-16(19(3)4)14-8-6-5-7-9-14/h5-9,15-16,18H,10-13H2,1-4H3. The van der Waals surface area contributed by atoms with Crippen molar-refractivity contribution in [3.63, 3.8) is 0 Å². The van der Waals surface area contributed by atoms with E-state index in [2.05, 4.69) is 80.3 Å². The highest BCUT2D eigenvalue weighted by atomic mass is 32.2. The van der Waals surface area contributed by atoms with Crippen LogP contribution in [0.5, 0.6) is 0 Å². The zero-order valence-corrected chi connectivity index (χ0v) is 14.0. The summed E-state index contributed by atoms with van der Waals surface area (Å²) in [6.45, 7) is 5.79. The van der Waals surface area contributed by atoms with Crippen molar-refractivity contribution in [3.05, 3.63) is 35.9 Å². The molecule has 2 nitrogen and oxygen atoms in total. The summed E-state index contributed by atoms with van der Waals surface area (Å²) in [5.41, 5.74) is 1.87. The van der Waals surface area contributed by atoms with Crippen molar-refractivity contribution in [2.75, 3.05) is 32.1 Å². The fraction of sp³-hybridized carbons (Fsp3) is 0.647. The monoisotopic (exact) mass is 292 g/mol. The molecule has 0 aromatic heterocycles. The molecule has 2 unspecified atom stereocenters. The minimum Gasteiger partial charge on any atom is -0.311 e. The van der Waals surface area contributed by atoms with Gasteiger partial charge in [0.1, 0.15) is 0 Å². The van der Waals surface area contributed by atoms with E-state index in [0.29, 0.717) is 17.5 Å². The summed E-state index contributed by atoms with van der Waals surface area (Å²) in [4.78, 5) is 2.31. The van der Waals surface area contributed by atoms with Gasteiger partial charge >= 0.3 is 0 Å². The van der Waals surface area contributed by atoms with Gasteiger partial charge in [-0.15, -0.1) is 0 Å². The minimum absolute atomic E-state index is 0.450. The van der Waals surface area contributed by atoms with Crippen LogP contribution in [0, 0.1) is 5.41 Å². The molecular formula is C17H28N2S. The van der Waals surface area contributed by atoms with Crippen LogP contribution in [0.15, 0.2) is 30.3 Å². The molecule has 1 aliphatic rings. The van der Waals surface area contributed by atoms with E-state index in [9.17, 15) is 0 Å². The Labute approximate surface area is 128 Å². The van der Waals surface area contributed by atoms with Gasteiger partial charge in [0.2, 0.25) is 0 Å². The Kier molecular flexibility index (Phi) is 5.53. The van der Waals surface area contributed by atoms with E-state index >= 15 is 0 Å². The first-order chi connectivity index (χ1) is 9.48. The van der Waals surface area contributed by atoms with Crippen LogP contribution >= 0.6 is 11.8 Å². The van der Waals surface area contributed by atoms with Gasteiger partial charge < -0.3 is 10.2 Å². The highest BCUT2D eigenvalue weighted by molar-refractivity contribution is 7.99. The maximum Gasteiger partial charge on any atom is 0.0466 e. The van der Waals surface area contributed by atoms with Gasteiger partial charge in [-0.2, -0.15) is 11.8 Å². The third-order valence-electron chi connectivity index (χ3n) is 4.02. The zero-order chi connectivity index (χ0) is 14.6. The summed E-state index contributed by atoms with van der Waals surface area (Å²) in [5.74, 6) is 2.54. The SMILES string of the molecule is CN(C)C(CNC1CSCC(C)(C)C1)c1ccccc1. The number of nitrogens with zero attached hydrogens (tertiary/aromatic N) is 1. The molecule has 2 rings (SSSR count). The molecule has 1 saturated heterocycles. The van der Waals surface area contributed by atoms with Crippen LogP contribution < -0.4 is 5.32 Å². The second-order valence-corrected chi connectivity index (χ2v) is 7.91. The Balaban J connectivity index is 1.93. The number of benzene rings is 1. The normalized spacial score (nSPS) is 23.8. The minimum atomic E-state index is 0.450. The van der Waals surface area contributed by atoms with Gasteiger partial charge in [-0.1, -0.05) is 44.2 Å². The molecule has 3 heteroatoms. The molecule has 0 radical (unpaired) electrons. The molecule has 1 aromatic carbocycles. The summed E-state index contributed by atoms with van der Waals surface area (Å²) in [7, 11) is 4.33. The Morgan fingerprint density at radius 2 is 2.00 bits per heavy atom.